The number of rotatable bonds is 4. The van der Waals surface area contributed by atoms with Crippen molar-refractivity contribution < 1.29 is 13.9 Å². The first-order valence-corrected chi connectivity index (χ1v) is 5.18. The maximum Gasteiger partial charge on any atom is 0.150 e. The summed E-state index contributed by atoms with van der Waals surface area (Å²) in [6.45, 7) is 3.36. The van der Waals surface area contributed by atoms with Crippen LogP contribution in [0.3, 0.4) is 0 Å². The van der Waals surface area contributed by atoms with Gasteiger partial charge in [0.15, 0.2) is 11.6 Å². The smallest absolute Gasteiger partial charge is 0.150 e. The highest BCUT2D eigenvalue weighted by Gasteiger charge is 2.21. The van der Waals surface area contributed by atoms with Gasteiger partial charge in [-0.25, -0.2) is 8.78 Å². The van der Waals surface area contributed by atoms with Crippen LogP contribution in [0.15, 0.2) is 12.1 Å². The van der Waals surface area contributed by atoms with Crippen molar-refractivity contribution in [2.24, 2.45) is 0 Å². The number of nitrogens with zero attached hydrogens (tertiary/aromatic N) is 1. The van der Waals surface area contributed by atoms with Crippen LogP contribution in [-0.2, 0) is 0 Å². The van der Waals surface area contributed by atoms with Crippen LogP contribution in [0.5, 0.6) is 0 Å². The fourth-order valence-electron chi connectivity index (χ4n) is 1.44. The third-order valence-corrected chi connectivity index (χ3v) is 2.37. The van der Waals surface area contributed by atoms with E-state index in [1.165, 1.54) is 0 Å². The molecule has 0 radical (unpaired) electrons. The Morgan fingerprint density at radius 3 is 2.29 bits per heavy atom. The van der Waals surface area contributed by atoms with Crippen molar-refractivity contribution in [2.45, 2.75) is 25.8 Å². The van der Waals surface area contributed by atoms with Crippen molar-refractivity contribution >= 4 is 5.69 Å². The van der Waals surface area contributed by atoms with Crippen molar-refractivity contribution in [1.82, 2.24) is 0 Å². The minimum atomic E-state index is -0.812. The molecule has 1 aromatic carbocycles. The highest BCUT2D eigenvalue weighted by molar-refractivity contribution is 5.51. The molecular weight excluding hydrogens is 226 g/mol. The van der Waals surface area contributed by atoms with Crippen molar-refractivity contribution in [3.63, 3.8) is 0 Å². The van der Waals surface area contributed by atoms with E-state index in [0.717, 1.165) is 12.1 Å². The van der Waals surface area contributed by atoms with Crippen LogP contribution < -0.4 is 5.32 Å². The van der Waals surface area contributed by atoms with Gasteiger partial charge in [-0.2, -0.15) is 5.26 Å². The molecule has 0 atom stereocenters. The lowest BCUT2D eigenvalue weighted by atomic mass is 10.0. The van der Waals surface area contributed by atoms with Crippen molar-refractivity contribution in [1.29, 1.82) is 5.26 Å². The second-order valence-electron chi connectivity index (χ2n) is 4.41. The number of halogens is 2. The minimum Gasteiger partial charge on any atom is -0.396 e. The topological polar surface area (TPSA) is 56.0 Å². The summed E-state index contributed by atoms with van der Waals surface area (Å²) >= 11 is 0. The Morgan fingerprint density at radius 1 is 1.35 bits per heavy atom. The molecule has 0 saturated heterocycles. The van der Waals surface area contributed by atoms with Crippen LogP contribution >= 0.6 is 0 Å². The van der Waals surface area contributed by atoms with Crippen LogP contribution in [0.4, 0.5) is 14.5 Å². The molecule has 3 nitrogen and oxygen atoms in total. The van der Waals surface area contributed by atoms with Gasteiger partial charge in [-0.15, -0.1) is 0 Å². The fraction of sp³-hybridized carbons (Fsp3) is 0.417. The zero-order valence-electron chi connectivity index (χ0n) is 9.72. The molecule has 0 aliphatic rings. The Labute approximate surface area is 98.7 Å². The molecule has 0 aliphatic carbocycles. The molecule has 0 spiro atoms. The first-order valence-electron chi connectivity index (χ1n) is 5.18. The van der Waals surface area contributed by atoms with Crippen LogP contribution in [0.2, 0.25) is 0 Å². The molecule has 1 aromatic rings. The van der Waals surface area contributed by atoms with Gasteiger partial charge in [-0.05, 0) is 32.4 Å². The van der Waals surface area contributed by atoms with E-state index in [1.807, 2.05) is 0 Å². The predicted molar refractivity (Wildman–Crippen MR) is 60.5 cm³/mol. The van der Waals surface area contributed by atoms with Gasteiger partial charge in [0.2, 0.25) is 0 Å². The summed E-state index contributed by atoms with van der Waals surface area (Å²) < 4.78 is 27.1. The van der Waals surface area contributed by atoms with E-state index < -0.39 is 17.2 Å². The quantitative estimate of drug-likeness (QED) is 0.849. The third kappa shape index (κ3) is 3.40. The second kappa shape index (κ2) is 5.11. The molecule has 0 bridgehead atoms. The summed E-state index contributed by atoms with van der Waals surface area (Å²) in [6, 6.07) is 3.62. The Balaban J connectivity index is 3.04. The number of aliphatic hydroxyl groups is 1. The Bertz CT molecular complexity index is 429. The maximum absolute atomic E-state index is 13.6. The highest BCUT2D eigenvalue weighted by atomic mass is 19.1. The lowest BCUT2D eigenvalue weighted by Crippen LogP contribution is -2.32. The number of nitriles is 1. The SMILES string of the molecule is CC(C)(CCO)Nc1c(F)cc(C#N)cc1F. The van der Waals surface area contributed by atoms with Crippen molar-refractivity contribution in [3.05, 3.63) is 29.3 Å². The molecule has 5 heteroatoms. The standard InChI is InChI=1S/C12H14F2N2O/c1-12(2,3-4-17)16-11-9(13)5-8(7-15)6-10(11)14/h5-6,16-17H,3-4H2,1-2H3. The molecule has 0 aliphatic heterocycles. The molecule has 0 heterocycles. The zero-order chi connectivity index (χ0) is 13.1. The Kier molecular flexibility index (Phi) is 4.02. The van der Waals surface area contributed by atoms with Gasteiger partial charge in [0, 0.05) is 12.1 Å². The average molecular weight is 240 g/mol. The normalized spacial score (nSPS) is 11.1. The molecule has 17 heavy (non-hydrogen) atoms. The van der Waals surface area contributed by atoms with E-state index in [0.29, 0.717) is 6.42 Å². The Hall–Kier alpha value is -1.67. The molecule has 0 fully saturated rings. The number of benzene rings is 1. The lowest BCUT2D eigenvalue weighted by Gasteiger charge is -2.27. The predicted octanol–water partition coefficient (Wildman–Crippen LogP) is 2.41. The minimum absolute atomic E-state index is 0.0643. The zero-order valence-corrected chi connectivity index (χ0v) is 9.72. The van der Waals surface area contributed by atoms with E-state index in [4.69, 9.17) is 10.4 Å². The summed E-state index contributed by atoms with van der Waals surface area (Å²) in [6.07, 6.45) is 0.353. The van der Waals surface area contributed by atoms with Gasteiger partial charge >= 0.3 is 0 Å². The van der Waals surface area contributed by atoms with Gasteiger partial charge < -0.3 is 10.4 Å². The second-order valence-corrected chi connectivity index (χ2v) is 4.41. The van der Waals surface area contributed by atoms with Crippen molar-refractivity contribution in [2.75, 3.05) is 11.9 Å². The number of anilines is 1. The highest BCUT2D eigenvalue weighted by Crippen LogP contribution is 2.25. The van der Waals surface area contributed by atoms with Gasteiger partial charge in [0.1, 0.15) is 5.69 Å². The van der Waals surface area contributed by atoms with E-state index in [9.17, 15) is 8.78 Å². The van der Waals surface area contributed by atoms with Gasteiger partial charge in [0.25, 0.3) is 0 Å². The fourth-order valence-corrected chi connectivity index (χ4v) is 1.44. The summed E-state index contributed by atoms with van der Waals surface area (Å²) in [7, 11) is 0. The monoisotopic (exact) mass is 240 g/mol. The molecule has 2 N–H and O–H groups in total. The van der Waals surface area contributed by atoms with Crippen LogP contribution in [0.25, 0.3) is 0 Å². The first-order chi connectivity index (χ1) is 7.89. The number of hydrogen-bond donors (Lipinski definition) is 2. The van der Waals surface area contributed by atoms with E-state index in [1.54, 1.807) is 19.9 Å². The maximum atomic E-state index is 13.6. The molecule has 0 amide bonds. The lowest BCUT2D eigenvalue weighted by molar-refractivity contribution is 0.260. The summed E-state index contributed by atoms with van der Waals surface area (Å²) in [5.41, 5.74) is -0.974. The first kappa shape index (κ1) is 13.4. The molecule has 0 saturated carbocycles. The van der Waals surface area contributed by atoms with Crippen LogP contribution in [0, 0.1) is 23.0 Å². The third-order valence-electron chi connectivity index (χ3n) is 2.37. The summed E-state index contributed by atoms with van der Waals surface area (Å²) in [4.78, 5) is 0. The van der Waals surface area contributed by atoms with E-state index >= 15 is 0 Å². The van der Waals surface area contributed by atoms with Crippen LogP contribution in [0.1, 0.15) is 25.8 Å². The van der Waals surface area contributed by atoms with Gasteiger partial charge in [0.05, 0.1) is 11.6 Å². The van der Waals surface area contributed by atoms with Gasteiger partial charge in [-0.1, -0.05) is 0 Å². The molecule has 0 unspecified atom stereocenters. The van der Waals surface area contributed by atoms with Gasteiger partial charge in [-0.3, -0.25) is 0 Å². The summed E-state index contributed by atoms with van der Waals surface area (Å²) in [5.74, 6) is -1.62. The summed E-state index contributed by atoms with van der Waals surface area (Å²) in [5, 5.41) is 20.1. The van der Waals surface area contributed by atoms with Crippen molar-refractivity contribution in [3.8, 4) is 6.07 Å². The van der Waals surface area contributed by atoms with E-state index in [2.05, 4.69) is 5.32 Å². The number of hydrogen-bond acceptors (Lipinski definition) is 3. The van der Waals surface area contributed by atoms with E-state index in [-0.39, 0.29) is 17.9 Å². The molecule has 1 rings (SSSR count). The number of nitrogens with one attached hydrogen (secondary N) is 1. The average Bonchev–Trinajstić information content (AvgIpc) is 2.23. The molecule has 92 valence electrons. The number of aliphatic hydroxyl groups excluding tert-OH is 1. The molecule has 0 aromatic heterocycles. The molecular formula is C12H14F2N2O. The van der Waals surface area contributed by atoms with Crippen LogP contribution in [-0.4, -0.2) is 17.3 Å². The largest absolute Gasteiger partial charge is 0.396 e. The Morgan fingerprint density at radius 2 is 1.88 bits per heavy atom.